The van der Waals surface area contributed by atoms with Crippen LogP contribution in [0.25, 0.3) is 0 Å². The SMILES string of the molecule is O[C@H](COc1cccc(OC[C@H](O)CN2CCCCC2)c1)CN1CCCCC1. The Morgan fingerprint density at radius 2 is 1.14 bits per heavy atom. The van der Waals surface area contributed by atoms with Crippen LogP contribution in [-0.4, -0.2) is 84.7 Å². The molecule has 0 saturated carbocycles. The fourth-order valence-electron chi connectivity index (χ4n) is 4.02. The number of aliphatic hydroxyl groups excluding tert-OH is 2. The maximum atomic E-state index is 10.2. The van der Waals surface area contributed by atoms with E-state index in [-0.39, 0.29) is 13.2 Å². The molecule has 0 aliphatic carbocycles. The fourth-order valence-corrected chi connectivity index (χ4v) is 4.02. The van der Waals surface area contributed by atoms with Gasteiger partial charge in [0.25, 0.3) is 0 Å². The van der Waals surface area contributed by atoms with E-state index in [2.05, 4.69) is 9.80 Å². The van der Waals surface area contributed by atoms with Crippen LogP contribution < -0.4 is 9.47 Å². The van der Waals surface area contributed by atoms with Gasteiger partial charge in [0.05, 0.1) is 0 Å². The second-order valence-electron chi connectivity index (χ2n) is 8.13. The number of hydrogen-bond donors (Lipinski definition) is 2. The third kappa shape index (κ3) is 7.59. The van der Waals surface area contributed by atoms with Gasteiger partial charge < -0.3 is 29.5 Å². The second-order valence-corrected chi connectivity index (χ2v) is 8.13. The quantitative estimate of drug-likeness (QED) is 0.636. The molecule has 1 aromatic carbocycles. The first kappa shape index (κ1) is 21.4. The highest BCUT2D eigenvalue weighted by atomic mass is 16.5. The van der Waals surface area contributed by atoms with Crippen LogP contribution in [0.15, 0.2) is 24.3 Å². The number of piperidine rings is 2. The van der Waals surface area contributed by atoms with Gasteiger partial charge in [-0.2, -0.15) is 0 Å². The lowest BCUT2D eigenvalue weighted by Gasteiger charge is -2.28. The Balaban J connectivity index is 1.36. The summed E-state index contributed by atoms with van der Waals surface area (Å²) < 4.78 is 11.5. The first-order valence-electron chi connectivity index (χ1n) is 10.9. The Labute approximate surface area is 169 Å². The molecule has 0 bridgehead atoms. The average molecular weight is 393 g/mol. The Kier molecular flexibility index (Phi) is 8.86. The van der Waals surface area contributed by atoms with Crippen LogP contribution >= 0.6 is 0 Å². The smallest absolute Gasteiger partial charge is 0.123 e. The number of benzene rings is 1. The topological polar surface area (TPSA) is 65.4 Å². The van der Waals surface area contributed by atoms with Crippen molar-refractivity contribution in [3.8, 4) is 11.5 Å². The molecule has 158 valence electrons. The zero-order valence-corrected chi connectivity index (χ0v) is 17.0. The summed E-state index contributed by atoms with van der Waals surface area (Å²) in [4.78, 5) is 4.61. The normalized spacial score (nSPS) is 21.2. The van der Waals surface area contributed by atoms with Gasteiger partial charge in [0.1, 0.15) is 36.9 Å². The van der Waals surface area contributed by atoms with Crippen LogP contribution in [0.3, 0.4) is 0 Å². The summed E-state index contributed by atoms with van der Waals surface area (Å²) >= 11 is 0. The van der Waals surface area contributed by atoms with E-state index in [9.17, 15) is 10.2 Å². The number of ether oxygens (including phenoxy) is 2. The molecular formula is C22H36N2O4. The molecule has 2 saturated heterocycles. The highest BCUT2D eigenvalue weighted by Gasteiger charge is 2.16. The van der Waals surface area contributed by atoms with Crippen molar-refractivity contribution in [2.75, 3.05) is 52.5 Å². The molecule has 3 rings (SSSR count). The zero-order valence-electron chi connectivity index (χ0n) is 17.0. The largest absolute Gasteiger partial charge is 0.491 e. The van der Waals surface area contributed by atoms with Crippen LogP contribution in [0, 0.1) is 0 Å². The number of β-amino-alcohol motifs (C(OH)–C–C–N with tert-alkyl or cyclic N) is 2. The minimum Gasteiger partial charge on any atom is -0.491 e. The summed E-state index contributed by atoms with van der Waals surface area (Å²) in [5, 5.41) is 20.5. The molecule has 0 amide bonds. The summed E-state index contributed by atoms with van der Waals surface area (Å²) in [5.74, 6) is 1.36. The Morgan fingerprint density at radius 3 is 1.57 bits per heavy atom. The fraction of sp³-hybridized carbons (Fsp3) is 0.727. The van der Waals surface area contributed by atoms with Crippen LogP contribution in [0.5, 0.6) is 11.5 Å². The van der Waals surface area contributed by atoms with Gasteiger partial charge in [-0.15, -0.1) is 0 Å². The molecule has 1 aromatic rings. The molecule has 0 spiro atoms. The van der Waals surface area contributed by atoms with Crippen molar-refractivity contribution in [1.29, 1.82) is 0 Å². The Morgan fingerprint density at radius 1 is 0.714 bits per heavy atom. The van der Waals surface area contributed by atoms with Gasteiger partial charge in [0, 0.05) is 19.2 Å². The van der Waals surface area contributed by atoms with E-state index in [4.69, 9.17) is 9.47 Å². The molecule has 2 fully saturated rings. The molecule has 6 heteroatoms. The number of likely N-dealkylation sites (tertiary alicyclic amines) is 2. The summed E-state index contributed by atoms with van der Waals surface area (Å²) in [6, 6.07) is 7.43. The molecule has 0 radical (unpaired) electrons. The lowest BCUT2D eigenvalue weighted by Crippen LogP contribution is -2.38. The molecule has 2 aliphatic rings. The van der Waals surface area contributed by atoms with Crippen molar-refractivity contribution in [1.82, 2.24) is 9.80 Å². The minimum absolute atomic E-state index is 0.275. The molecule has 2 heterocycles. The van der Waals surface area contributed by atoms with E-state index in [0.29, 0.717) is 24.6 Å². The highest BCUT2D eigenvalue weighted by Crippen LogP contribution is 2.20. The molecule has 28 heavy (non-hydrogen) atoms. The molecule has 0 unspecified atom stereocenters. The van der Waals surface area contributed by atoms with Gasteiger partial charge >= 0.3 is 0 Å². The summed E-state index contributed by atoms with van der Waals surface area (Å²) in [5.41, 5.74) is 0. The molecule has 2 N–H and O–H groups in total. The van der Waals surface area contributed by atoms with Crippen molar-refractivity contribution >= 4 is 0 Å². The molecule has 6 nitrogen and oxygen atoms in total. The lowest BCUT2D eigenvalue weighted by molar-refractivity contribution is 0.0594. The van der Waals surface area contributed by atoms with Crippen molar-refractivity contribution in [3.63, 3.8) is 0 Å². The zero-order chi connectivity index (χ0) is 19.6. The first-order chi connectivity index (χ1) is 13.7. The van der Waals surface area contributed by atoms with Gasteiger partial charge in [0.15, 0.2) is 0 Å². The lowest BCUT2D eigenvalue weighted by atomic mass is 10.1. The van der Waals surface area contributed by atoms with E-state index in [1.165, 1.54) is 38.5 Å². The predicted octanol–water partition coefficient (Wildman–Crippen LogP) is 2.14. The van der Waals surface area contributed by atoms with Crippen molar-refractivity contribution < 1.29 is 19.7 Å². The van der Waals surface area contributed by atoms with Crippen molar-refractivity contribution in [2.45, 2.75) is 50.7 Å². The summed E-state index contributed by atoms with van der Waals surface area (Å²) in [7, 11) is 0. The van der Waals surface area contributed by atoms with Crippen LogP contribution in [0.1, 0.15) is 38.5 Å². The van der Waals surface area contributed by atoms with Crippen LogP contribution in [0.2, 0.25) is 0 Å². The molecule has 2 atom stereocenters. The summed E-state index contributed by atoms with van der Waals surface area (Å²) in [6.45, 7) is 6.16. The van der Waals surface area contributed by atoms with E-state index in [1.54, 1.807) is 0 Å². The van der Waals surface area contributed by atoms with E-state index in [1.807, 2.05) is 24.3 Å². The maximum Gasteiger partial charge on any atom is 0.123 e. The Hall–Kier alpha value is -1.34. The third-order valence-electron chi connectivity index (χ3n) is 5.53. The standard InChI is InChI=1S/C22H36N2O4/c25-19(15-23-10-3-1-4-11-23)17-27-21-8-7-9-22(14-21)28-18-20(26)16-24-12-5-2-6-13-24/h7-9,14,19-20,25-26H,1-6,10-13,15-18H2/t19-,20+. The first-order valence-corrected chi connectivity index (χ1v) is 10.9. The average Bonchev–Trinajstić information content (AvgIpc) is 2.73. The minimum atomic E-state index is -0.492. The van der Waals surface area contributed by atoms with Gasteiger partial charge in [-0.05, 0) is 64.0 Å². The van der Waals surface area contributed by atoms with E-state index >= 15 is 0 Å². The maximum absolute atomic E-state index is 10.2. The highest BCUT2D eigenvalue weighted by molar-refractivity contribution is 5.33. The van der Waals surface area contributed by atoms with E-state index < -0.39 is 12.2 Å². The summed E-state index contributed by atoms with van der Waals surface area (Å²) in [6.07, 6.45) is 6.48. The monoisotopic (exact) mass is 392 g/mol. The molecule has 2 aliphatic heterocycles. The molecule has 0 aromatic heterocycles. The van der Waals surface area contributed by atoms with Crippen molar-refractivity contribution in [3.05, 3.63) is 24.3 Å². The van der Waals surface area contributed by atoms with Gasteiger partial charge in [-0.3, -0.25) is 0 Å². The number of nitrogens with zero attached hydrogens (tertiary/aromatic N) is 2. The predicted molar refractivity (Wildman–Crippen MR) is 110 cm³/mol. The van der Waals surface area contributed by atoms with Crippen LogP contribution in [-0.2, 0) is 0 Å². The second kappa shape index (κ2) is 11.6. The van der Waals surface area contributed by atoms with Gasteiger partial charge in [0.2, 0.25) is 0 Å². The van der Waals surface area contributed by atoms with Gasteiger partial charge in [-0.1, -0.05) is 18.9 Å². The number of aliphatic hydroxyl groups is 2. The number of hydrogen-bond acceptors (Lipinski definition) is 6. The van der Waals surface area contributed by atoms with Crippen LogP contribution in [0.4, 0.5) is 0 Å². The third-order valence-corrected chi connectivity index (χ3v) is 5.53. The number of rotatable bonds is 10. The van der Waals surface area contributed by atoms with Crippen molar-refractivity contribution in [2.24, 2.45) is 0 Å². The Bertz CT molecular complexity index is 514. The molecular weight excluding hydrogens is 356 g/mol. The van der Waals surface area contributed by atoms with Gasteiger partial charge in [-0.25, -0.2) is 0 Å². The van der Waals surface area contributed by atoms with E-state index in [0.717, 1.165) is 26.2 Å².